The lowest BCUT2D eigenvalue weighted by atomic mass is 9.46. The molecular formula is C50H66O4Si. The van der Waals surface area contributed by atoms with Gasteiger partial charge in [-0.25, -0.2) is 0 Å². The summed E-state index contributed by atoms with van der Waals surface area (Å²) < 4.78 is 22.3. The average molecular weight is 759 g/mol. The van der Waals surface area contributed by atoms with Crippen LogP contribution in [-0.4, -0.2) is 38.7 Å². The van der Waals surface area contributed by atoms with E-state index in [1.54, 1.807) is 0 Å². The van der Waals surface area contributed by atoms with Gasteiger partial charge in [0, 0.05) is 31.3 Å². The van der Waals surface area contributed by atoms with Crippen LogP contribution in [0.3, 0.4) is 0 Å². The third-order valence-electron chi connectivity index (χ3n) is 15.7. The highest BCUT2D eigenvalue weighted by Crippen LogP contribution is 2.69. The summed E-state index contributed by atoms with van der Waals surface area (Å²) in [6.45, 7) is 8.50. The fraction of sp³-hybridized carbons (Fsp3) is 0.580. The second kappa shape index (κ2) is 16.2. The van der Waals surface area contributed by atoms with Crippen molar-refractivity contribution in [2.45, 2.75) is 141 Å². The lowest BCUT2D eigenvalue weighted by Crippen LogP contribution is -2.73. The van der Waals surface area contributed by atoms with Crippen molar-refractivity contribution >= 4 is 29.7 Å². The smallest absolute Gasteiger partial charge is 0.288 e. The third-order valence-corrected chi connectivity index (χ3v) is 19.8. The number of carbonyl (C=O) groups excluding carboxylic acids is 1. The van der Waals surface area contributed by atoms with Gasteiger partial charge in [-0.2, -0.15) is 0 Å². The lowest BCUT2D eigenvalue weighted by Gasteiger charge is -2.61. The fourth-order valence-electron chi connectivity index (χ4n) is 12.9. The SMILES string of the molecule is CCCC[C@]1(O[Si](c2ccccc2)(c2ccccc2)c2ccccc2)CC[C@H]2[C@@H]3CCC4=CC(=O)CC[C@]4(COC4(OCC)CCCCCC4)[C@H]3CC[C@@]21C. The van der Waals surface area contributed by atoms with Crippen LogP contribution >= 0.6 is 0 Å². The van der Waals surface area contributed by atoms with Crippen LogP contribution in [0.4, 0.5) is 0 Å². The Morgan fingerprint density at radius 2 is 1.27 bits per heavy atom. The summed E-state index contributed by atoms with van der Waals surface area (Å²) in [4.78, 5) is 13.1. The zero-order valence-electron chi connectivity index (χ0n) is 34.0. The van der Waals surface area contributed by atoms with E-state index in [-0.39, 0.29) is 16.4 Å². The van der Waals surface area contributed by atoms with Gasteiger partial charge in [0.25, 0.3) is 8.32 Å². The van der Waals surface area contributed by atoms with Crippen LogP contribution in [-0.2, 0) is 18.7 Å². The van der Waals surface area contributed by atoms with Gasteiger partial charge in [-0.05, 0) is 116 Å². The minimum Gasteiger partial charge on any atom is -0.398 e. The van der Waals surface area contributed by atoms with Gasteiger partial charge in [-0.3, -0.25) is 4.79 Å². The van der Waals surface area contributed by atoms with Gasteiger partial charge in [0.2, 0.25) is 0 Å². The Balaban J connectivity index is 1.19. The van der Waals surface area contributed by atoms with Gasteiger partial charge in [-0.1, -0.05) is 136 Å². The molecule has 3 aromatic rings. The first-order valence-corrected chi connectivity index (χ1v) is 24.1. The van der Waals surface area contributed by atoms with Gasteiger partial charge in [0.1, 0.15) is 0 Å². The van der Waals surface area contributed by atoms with E-state index in [0.29, 0.717) is 43.2 Å². The molecule has 55 heavy (non-hydrogen) atoms. The Kier molecular flexibility index (Phi) is 11.5. The molecule has 0 heterocycles. The van der Waals surface area contributed by atoms with E-state index in [2.05, 4.69) is 118 Å². The molecule has 0 radical (unpaired) electrons. The van der Waals surface area contributed by atoms with Crippen LogP contribution in [0.5, 0.6) is 0 Å². The average Bonchev–Trinajstić information content (AvgIpc) is 3.33. The minimum atomic E-state index is -2.96. The molecule has 4 fully saturated rings. The summed E-state index contributed by atoms with van der Waals surface area (Å²) in [6, 6.07) is 33.8. The Hall–Kier alpha value is -2.83. The van der Waals surface area contributed by atoms with Crippen molar-refractivity contribution in [1.82, 2.24) is 0 Å². The number of carbonyl (C=O) groups is 1. The molecule has 0 N–H and O–H groups in total. The molecule has 0 unspecified atom stereocenters. The second-order valence-corrected chi connectivity index (χ2v) is 21.5. The highest BCUT2D eigenvalue weighted by molar-refractivity contribution is 7.07. The summed E-state index contributed by atoms with van der Waals surface area (Å²) >= 11 is 0. The summed E-state index contributed by atoms with van der Waals surface area (Å²) in [6.07, 6.45) is 20.7. The van der Waals surface area contributed by atoms with Crippen molar-refractivity contribution < 1.29 is 18.7 Å². The van der Waals surface area contributed by atoms with E-state index < -0.39 is 14.1 Å². The van der Waals surface area contributed by atoms with E-state index in [4.69, 9.17) is 13.9 Å². The summed E-state index contributed by atoms with van der Waals surface area (Å²) in [5.41, 5.74) is 1.11. The standard InChI is InChI=1S/C50H66O4Si/c1-4-6-31-49(54-55(41-20-12-9-13-21-41,42-22-14-10-15-23-42)43-24-16-11-17-25-43)36-30-45-44-27-26-39-37-40(51)28-35-48(39,46(44)29-34-47(45,49)3)38-53-50(52-5-2)32-18-7-8-19-33-50/h9-17,20-25,37,44-46H,4-8,18-19,26-36,38H2,1-3H3/t44-,45-,46-,47-,48+,49-/m0/s1. The molecule has 0 amide bonds. The van der Waals surface area contributed by atoms with Crippen LogP contribution in [0.25, 0.3) is 0 Å². The zero-order valence-corrected chi connectivity index (χ0v) is 35.0. The Labute approximate surface area is 333 Å². The minimum absolute atomic E-state index is 0.0432. The molecule has 5 heteroatoms. The maximum Gasteiger partial charge on any atom is 0.288 e. The summed E-state index contributed by atoms with van der Waals surface area (Å²) in [7, 11) is -2.96. The third kappa shape index (κ3) is 6.87. The molecule has 0 bridgehead atoms. The Morgan fingerprint density at radius 1 is 0.673 bits per heavy atom. The van der Waals surface area contributed by atoms with Gasteiger partial charge < -0.3 is 13.9 Å². The van der Waals surface area contributed by atoms with Crippen molar-refractivity contribution in [1.29, 1.82) is 0 Å². The number of rotatable bonds is 13. The lowest BCUT2D eigenvalue weighted by molar-refractivity contribution is -0.260. The fourth-order valence-corrected chi connectivity index (χ4v) is 17.3. The normalized spacial score (nSPS) is 31.8. The summed E-state index contributed by atoms with van der Waals surface area (Å²) in [5.74, 6) is 1.52. The molecule has 0 saturated heterocycles. The predicted molar refractivity (Wildman–Crippen MR) is 226 cm³/mol. The van der Waals surface area contributed by atoms with E-state index in [1.165, 1.54) is 78.9 Å². The molecule has 0 aliphatic heterocycles. The van der Waals surface area contributed by atoms with Crippen molar-refractivity contribution in [2.75, 3.05) is 13.2 Å². The number of hydrogen-bond donors (Lipinski definition) is 0. The van der Waals surface area contributed by atoms with Crippen LogP contribution < -0.4 is 15.6 Å². The summed E-state index contributed by atoms with van der Waals surface area (Å²) in [5, 5.41) is 4.00. The number of fused-ring (bicyclic) bond motifs is 5. The number of unbranched alkanes of at least 4 members (excludes halogenated alkanes) is 1. The first kappa shape index (κ1) is 39.0. The molecule has 0 aromatic heterocycles. The molecule has 4 nitrogen and oxygen atoms in total. The van der Waals surface area contributed by atoms with Gasteiger partial charge >= 0.3 is 0 Å². The zero-order chi connectivity index (χ0) is 38.0. The van der Waals surface area contributed by atoms with Crippen molar-refractivity contribution in [3.8, 4) is 0 Å². The van der Waals surface area contributed by atoms with Crippen LogP contribution in [0, 0.1) is 28.6 Å². The largest absolute Gasteiger partial charge is 0.398 e. The maximum absolute atomic E-state index is 13.1. The first-order chi connectivity index (χ1) is 26.8. The van der Waals surface area contributed by atoms with Crippen molar-refractivity contribution in [3.63, 3.8) is 0 Å². The van der Waals surface area contributed by atoms with Crippen molar-refractivity contribution in [2.24, 2.45) is 28.6 Å². The van der Waals surface area contributed by atoms with E-state index >= 15 is 0 Å². The maximum atomic E-state index is 13.1. The highest BCUT2D eigenvalue weighted by Gasteiger charge is 2.67. The highest BCUT2D eigenvalue weighted by atomic mass is 28.4. The molecule has 0 spiro atoms. The van der Waals surface area contributed by atoms with E-state index in [0.717, 1.165) is 44.9 Å². The van der Waals surface area contributed by atoms with Crippen LogP contribution in [0.2, 0.25) is 0 Å². The quantitative estimate of drug-likeness (QED) is 0.0754. The number of hydrogen-bond acceptors (Lipinski definition) is 4. The monoisotopic (exact) mass is 758 g/mol. The Morgan fingerprint density at radius 3 is 1.85 bits per heavy atom. The Bertz CT molecular complexity index is 1670. The van der Waals surface area contributed by atoms with Crippen molar-refractivity contribution in [3.05, 3.63) is 103 Å². The molecular weight excluding hydrogens is 693 g/mol. The number of benzene rings is 3. The van der Waals surface area contributed by atoms with Gasteiger partial charge in [-0.15, -0.1) is 0 Å². The molecule has 8 rings (SSSR count). The number of ketones is 1. The molecule has 4 saturated carbocycles. The first-order valence-electron chi connectivity index (χ1n) is 22.2. The molecule has 294 valence electrons. The van der Waals surface area contributed by atoms with Gasteiger partial charge in [0.05, 0.1) is 12.2 Å². The molecule has 5 aliphatic carbocycles. The molecule has 6 atom stereocenters. The number of ether oxygens (including phenoxy) is 2. The topological polar surface area (TPSA) is 44.8 Å². The van der Waals surface area contributed by atoms with E-state index in [1.807, 2.05) is 0 Å². The van der Waals surface area contributed by atoms with Gasteiger partial charge in [0.15, 0.2) is 11.6 Å². The van der Waals surface area contributed by atoms with E-state index in [9.17, 15) is 4.79 Å². The second-order valence-electron chi connectivity index (χ2n) is 18.2. The van der Waals surface area contributed by atoms with Crippen LogP contribution in [0.1, 0.15) is 130 Å². The van der Waals surface area contributed by atoms with Crippen LogP contribution in [0.15, 0.2) is 103 Å². The predicted octanol–water partition coefficient (Wildman–Crippen LogP) is 10.2. The molecule has 3 aromatic carbocycles. The molecule has 5 aliphatic rings.